The molecule has 0 aliphatic carbocycles. The van der Waals surface area contributed by atoms with E-state index in [0.717, 1.165) is 47.7 Å². The number of methoxy groups -OCH3 is 2. The molecule has 1 aromatic carbocycles. The zero-order chi connectivity index (χ0) is 18.0. The number of β-amino-alcohol motifs (C(OH)–C–C–N with tert-alkyl or cyclic N) is 1. The Balaban J connectivity index is 1.88. The normalized spacial score (nSPS) is 18.4. The lowest BCUT2D eigenvalue weighted by molar-refractivity contribution is 0.0660. The molecular formula is C19H26N2O4. The lowest BCUT2D eigenvalue weighted by Gasteiger charge is -2.29. The van der Waals surface area contributed by atoms with E-state index in [9.17, 15) is 5.11 Å². The van der Waals surface area contributed by atoms with Crippen molar-refractivity contribution in [2.24, 2.45) is 0 Å². The number of likely N-dealkylation sites (tertiary alicyclic amines) is 1. The molecule has 6 nitrogen and oxygen atoms in total. The van der Waals surface area contributed by atoms with Gasteiger partial charge in [0.1, 0.15) is 17.3 Å². The third-order valence-corrected chi connectivity index (χ3v) is 4.76. The van der Waals surface area contributed by atoms with Gasteiger partial charge in [-0.05, 0) is 45.4 Å². The Bertz CT molecular complexity index is 741. The average Bonchev–Trinajstić information content (AvgIpc) is 2.95. The van der Waals surface area contributed by atoms with E-state index in [4.69, 9.17) is 18.9 Å². The molecule has 25 heavy (non-hydrogen) atoms. The monoisotopic (exact) mass is 346 g/mol. The molecule has 1 fully saturated rings. The molecule has 0 spiro atoms. The summed E-state index contributed by atoms with van der Waals surface area (Å²) in [5.74, 6) is 2.82. The summed E-state index contributed by atoms with van der Waals surface area (Å²) < 4.78 is 16.8. The van der Waals surface area contributed by atoms with E-state index in [1.54, 1.807) is 14.2 Å². The molecule has 6 heteroatoms. The highest BCUT2D eigenvalue weighted by Crippen LogP contribution is 2.38. The van der Waals surface area contributed by atoms with Crippen LogP contribution in [0.5, 0.6) is 11.5 Å². The molecule has 0 radical (unpaired) electrons. The first kappa shape index (κ1) is 17.8. The SMILES string of the molecule is COc1ccc(-c2nc(CN3CCC[C@H](O)C3)c(C)o2)c(OC)c1C. The van der Waals surface area contributed by atoms with Crippen molar-refractivity contribution in [3.63, 3.8) is 0 Å². The maximum absolute atomic E-state index is 9.84. The summed E-state index contributed by atoms with van der Waals surface area (Å²) >= 11 is 0. The molecule has 1 aliphatic heterocycles. The van der Waals surface area contributed by atoms with E-state index < -0.39 is 0 Å². The van der Waals surface area contributed by atoms with Gasteiger partial charge in [0.2, 0.25) is 5.89 Å². The van der Waals surface area contributed by atoms with Gasteiger partial charge in [-0.2, -0.15) is 0 Å². The average molecular weight is 346 g/mol. The van der Waals surface area contributed by atoms with Gasteiger partial charge in [0.25, 0.3) is 0 Å². The topological polar surface area (TPSA) is 68.0 Å². The van der Waals surface area contributed by atoms with E-state index in [1.165, 1.54) is 0 Å². The van der Waals surface area contributed by atoms with Crippen molar-refractivity contribution in [2.75, 3.05) is 27.3 Å². The van der Waals surface area contributed by atoms with Crippen LogP contribution in [0.3, 0.4) is 0 Å². The third-order valence-electron chi connectivity index (χ3n) is 4.76. The van der Waals surface area contributed by atoms with Crippen LogP contribution in [0.25, 0.3) is 11.5 Å². The summed E-state index contributed by atoms with van der Waals surface area (Å²) in [6, 6.07) is 3.80. The fourth-order valence-corrected chi connectivity index (χ4v) is 3.40. The lowest BCUT2D eigenvalue weighted by Crippen LogP contribution is -2.37. The summed E-state index contributed by atoms with van der Waals surface area (Å²) in [5.41, 5.74) is 2.63. The van der Waals surface area contributed by atoms with Crippen LogP contribution < -0.4 is 9.47 Å². The molecule has 1 aromatic heterocycles. The van der Waals surface area contributed by atoms with Gasteiger partial charge in [-0.25, -0.2) is 4.98 Å². The van der Waals surface area contributed by atoms with Crippen LogP contribution in [0.4, 0.5) is 0 Å². The number of hydrogen-bond acceptors (Lipinski definition) is 6. The highest BCUT2D eigenvalue weighted by atomic mass is 16.5. The van der Waals surface area contributed by atoms with Crippen molar-refractivity contribution in [2.45, 2.75) is 39.3 Å². The number of ether oxygens (including phenoxy) is 2. The molecule has 1 saturated heterocycles. The summed E-state index contributed by atoms with van der Waals surface area (Å²) in [6.45, 7) is 6.22. The van der Waals surface area contributed by atoms with Crippen LogP contribution in [0.2, 0.25) is 0 Å². The smallest absolute Gasteiger partial charge is 0.230 e. The number of aliphatic hydroxyl groups excluding tert-OH is 1. The van der Waals surface area contributed by atoms with Crippen LogP contribution in [0.15, 0.2) is 16.5 Å². The van der Waals surface area contributed by atoms with Crippen LogP contribution in [0, 0.1) is 13.8 Å². The molecule has 0 saturated carbocycles. The van der Waals surface area contributed by atoms with Crippen LogP contribution >= 0.6 is 0 Å². The molecule has 0 unspecified atom stereocenters. The van der Waals surface area contributed by atoms with Gasteiger partial charge in [-0.15, -0.1) is 0 Å². The minimum Gasteiger partial charge on any atom is -0.496 e. The molecule has 2 heterocycles. The zero-order valence-corrected chi connectivity index (χ0v) is 15.3. The molecule has 1 aliphatic rings. The first-order valence-electron chi connectivity index (χ1n) is 8.62. The van der Waals surface area contributed by atoms with Crippen molar-refractivity contribution in [1.82, 2.24) is 9.88 Å². The Labute approximate surface area is 148 Å². The number of oxazole rings is 1. The van der Waals surface area contributed by atoms with Crippen LogP contribution in [-0.2, 0) is 6.54 Å². The van der Waals surface area contributed by atoms with Crippen molar-refractivity contribution in [3.8, 4) is 23.0 Å². The Hall–Kier alpha value is -2.05. The fraction of sp³-hybridized carbons (Fsp3) is 0.526. The van der Waals surface area contributed by atoms with E-state index in [1.807, 2.05) is 26.0 Å². The number of hydrogen-bond donors (Lipinski definition) is 1. The van der Waals surface area contributed by atoms with Crippen molar-refractivity contribution in [3.05, 3.63) is 29.2 Å². The highest BCUT2D eigenvalue weighted by Gasteiger charge is 2.22. The van der Waals surface area contributed by atoms with Crippen molar-refractivity contribution < 1.29 is 19.0 Å². The molecule has 3 rings (SSSR count). The Morgan fingerprint density at radius 2 is 2.08 bits per heavy atom. The minimum absolute atomic E-state index is 0.246. The Kier molecular flexibility index (Phi) is 5.30. The Morgan fingerprint density at radius 3 is 2.76 bits per heavy atom. The first-order chi connectivity index (χ1) is 12.0. The van der Waals surface area contributed by atoms with Crippen molar-refractivity contribution in [1.29, 1.82) is 0 Å². The molecule has 0 bridgehead atoms. The number of aromatic nitrogens is 1. The van der Waals surface area contributed by atoms with E-state index in [2.05, 4.69) is 4.90 Å². The summed E-state index contributed by atoms with van der Waals surface area (Å²) in [7, 11) is 3.28. The van der Waals surface area contributed by atoms with Gasteiger partial charge >= 0.3 is 0 Å². The van der Waals surface area contributed by atoms with Gasteiger partial charge in [-0.3, -0.25) is 4.90 Å². The van der Waals surface area contributed by atoms with Crippen LogP contribution in [0.1, 0.15) is 29.9 Å². The third kappa shape index (κ3) is 3.65. The number of aryl methyl sites for hydroxylation is 1. The standard InChI is InChI=1S/C19H26N2O4/c1-12-17(23-3)8-7-15(18(12)24-4)19-20-16(13(2)25-19)11-21-9-5-6-14(22)10-21/h7-8,14,22H,5-6,9-11H2,1-4H3/t14-/m0/s1. The predicted octanol–water partition coefficient (Wildman–Crippen LogP) is 2.93. The number of aliphatic hydroxyl groups is 1. The molecule has 2 aromatic rings. The second-order valence-corrected chi connectivity index (χ2v) is 6.53. The van der Waals surface area contributed by atoms with Gasteiger partial charge in [-0.1, -0.05) is 0 Å². The Morgan fingerprint density at radius 1 is 1.28 bits per heavy atom. The minimum atomic E-state index is -0.246. The number of rotatable bonds is 5. The lowest BCUT2D eigenvalue weighted by atomic mass is 10.1. The molecule has 136 valence electrons. The second kappa shape index (κ2) is 7.45. The molecule has 1 atom stereocenters. The summed E-state index contributed by atoms with van der Waals surface area (Å²) in [4.78, 5) is 6.92. The quantitative estimate of drug-likeness (QED) is 0.898. The maximum Gasteiger partial charge on any atom is 0.230 e. The number of benzene rings is 1. The predicted molar refractivity (Wildman–Crippen MR) is 95.0 cm³/mol. The van der Waals surface area contributed by atoms with Crippen LogP contribution in [-0.4, -0.2) is 48.4 Å². The zero-order valence-electron chi connectivity index (χ0n) is 15.3. The highest BCUT2D eigenvalue weighted by molar-refractivity contribution is 5.68. The first-order valence-corrected chi connectivity index (χ1v) is 8.62. The van der Waals surface area contributed by atoms with E-state index in [-0.39, 0.29) is 6.10 Å². The van der Waals surface area contributed by atoms with Gasteiger partial charge in [0, 0.05) is 18.7 Å². The molecule has 1 N–H and O–H groups in total. The van der Waals surface area contributed by atoms with E-state index in [0.29, 0.717) is 24.7 Å². The van der Waals surface area contributed by atoms with E-state index >= 15 is 0 Å². The summed E-state index contributed by atoms with van der Waals surface area (Å²) in [5, 5.41) is 9.84. The maximum atomic E-state index is 9.84. The van der Waals surface area contributed by atoms with Gasteiger partial charge < -0.3 is 19.0 Å². The fourth-order valence-electron chi connectivity index (χ4n) is 3.40. The number of nitrogens with zero attached hydrogens (tertiary/aromatic N) is 2. The van der Waals surface area contributed by atoms with Gasteiger partial charge in [0.05, 0.1) is 31.6 Å². The summed E-state index contributed by atoms with van der Waals surface area (Å²) in [6.07, 6.45) is 1.64. The van der Waals surface area contributed by atoms with Gasteiger partial charge in [0.15, 0.2) is 0 Å². The second-order valence-electron chi connectivity index (χ2n) is 6.53. The molecule has 0 amide bonds. The largest absolute Gasteiger partial charge is 0.496 e. The molecular weight excluding hydrogens is 320 g/mol. The number of piperidine rings is 1. The van der Waals surface area contributed by atoms with Crippen molar-refractivity contribution >= 4 is 0 Å².